The second-order valence-electron chi connectivity index (χ2n) is 6.88. The SMILES string of the molecule is [2H]C(=O)OCC(CO[C@@H]1O[C@H](CO)[C@@H](O)[C@H](O)[C@H]1O)O[C@@H]1O[C@H](CO)[C@@H](O)[C@H](O)[C@H]1O. The highest BCUT2D eigenvalue weighted by atomic mass is 16.7. The van der Waals surface area contributed by atoms with Gasteiger partial charge in [0.15, 0.2) is 14.0 Å². The molecule has 2 heterocycles. The van der Waals surface area contributed by atoms with E-state index in [1.165, 1.54) is 0 Å². The molecular weight excluding hydrogens is 416 g/mol. The van der Waals surface area contributed by atoms with Crippen LogP contribution in [0.5, 0.6) is 0 Å². The van der Waals surface area contributed by atoms with E-state index >= 15 is 0 Å². The van der Waals surface area contributed by atoms with Crippen LogP contribution in [0, 0.1) is 0 Å². The first-order valence-electron chi connectivity index (χ1n) is 9.62. The topological polar surface area (TPSA) is 225 Å². The van der Waals surface area contributed by atoms with E-state index in [-0.39, 0.29) is 0 Å². The number of hydrogen-bond donors (Lipinski definition) is 8. The molecule has 8 N–H and O–H groups in total. The third-order valence-corrected chi connectivity index (χ3v) is 4.80. The highest BCUT2D eigenvalue weighted by molar-refractivity contribution is 5.36. The molecule has 0 radical (unpaired) electrons. The predicted molar refractivity (Wildman–Crippen MR) is 90.4 cm³/mol. The second kappa shape index (κ2) is 11.6. The molecule has 14 heteroatoms. The van der Waals surface area contributed by atoms with E-state index in [2.05, 4.69) is 4.74 Å². The van der Waals surface area contributed by atoms with Crippen LogP contribution in [0.3, 0.4) is 0 Å². The van der Waals surface area contributed by atoms with E-state index in [1.54, 1.807) is 0 Å². The third-order valence-electron chi connectivity index (χ3n) is 4.80. The van der Waals surface area contributed by atoms with E-state index < -0.39 is 100 Å². The Morgan fingerprint density at radius 2 is 1.30 bits per heavy atom. The number of carbonyl (C=O) groups excluding carboxylic acids is 1. The summed E-state index contributed by atoms with van der Waals surface area (Å²) in [6.07, 6.45) is -18.5. The molecule has 2 aliphatic rings. The maximum atomic E-state index is 10.8. The zero-order chi connectivity index (χ0) is 23.3. The van der Waals surface area contributed by atoms with Crippen LogP contribution in [-0.2, 0) is 28.5 Å². The van der Waals surface area contributed by atoms with Gasteiger partial charge in [0.1, 0.15) is 61.5 Å². The summed E-state index contributed by atoms with van der Waals surface area (Å²) in [5, 5.41) is 77.7. The van der Waals surface area contributed by atoms with Gasteiger partial charge in [0.05, 0.1) is 19.8 Å². The van der Waals surface area contributed by atoms with Crippen LogP contribution in [0.1, 0.15) is 1.37 Å². The van der Waals surface area contributed by atoms with Gasteiger partial charge in [-0.3, -0.25) is 4.79 Å². The standard InChI is InChI=1S/C16H28O14/c17-1-7-9(20)11(22)13(24)15(29-7)27-4-6(3-26-5-19)28-16-14(25)12(23)10(21)8(2-18)30-16/h5-18,20-25H,1-4H2/t6?,7-,8-,9-,10-,11+,12+,13-,14-,15-,16-/m1/s1/i5D. The first-order chi connectivity index (χ1) is 14.6. The average Bonchev–Trinajstić information content (AvgIpc) is 2.75. The van der Waals surface area contributed by atoms with Gasteiger partial charge in [-0.2, -0.15) is 0 Å². The molecule has 2 fully saturated rings. The summed E-state index contributed by atoms with van der Waals surface area (Å²) in [7, 11) is 0. The van der Waals surface area contributed by atoms with Crippen molar-refractivity contribution in [1.82, 2.24) is 0 Å². The Kier molecular flexibility index (Phi) is 9.12. The molecule has 0 aromatic carbocycles. The number of aliphatic hydroxyl groups excluding tert-OH is 8. The maximum absolute atomic E-state index is 10.8. The van der Waals surface area contributed by atoms with Crippen LogP contribution in [0.25, 0.3) is 0 Å². The molecule has 0 aromatic rings. The van der Waals surface area contributed by atoms with Crippen LogP contribution in [-0.4, -0.2) is 141 Å². The summed E-state index contributed by atoms with van der Waals surface area (Å²) in [5.41, 5.74) is 0. The molecule has 1 unspecified atom stereocenters. The van der Waals surface area contributed by atoms with Gasteiger partial charge in [-0.25, -0.2) is 0 Å². The van der Waals surface area contributed by atoms with E-state index in [0.717, 1.165) is 0 Å². The molecule has 0 saturated carbocycles. The zero-order valence-corrected chi connectivity index (χ0v) is 15.7. The highest BCUT2D eigenvalue weighted by Gasteiger charge is 2.46. The maximum Gasteiger partial charge on any atom is 0.293 e. The van der Waals surface area contributed by atoms with Gasteiger partial charge >= 0.3 is 0 Å². The Bertz CT molecular complexity index is 564. The molecule has 176 valence electrons. The van der Waals surface area contributed by atoms with Crippen LogP contribution in [0.2, 0.25) is 0 Å². The Morgan fingerprint density at radius 3 is 1.80 bits per heavy atom. The summed E-state index contributed by atoms with van der Waals surface area (Å²) in [6.45, 7) is -2.54. The zero-order valence-electron chi connectivity index (χ0n) is 16.7. The molecule has 0 spiro atoms. The number of hydrogen-bond acceptors (Lipinski definition) is 14. The van der Waals surface area contributed by atoms with Gasteiger partial charge in [-0.1, -0.05) is 0 Å². The summed E-state index contributed by atoms with van der Waals surface area (Å²) in [5.74, 6) is 0. The molecule has 2 saturated heterocycles. The van der Waals surface area contributed by atoms with Crippen LogP contribution >= 0.6 is 0 Å². The van der Waals surface area contributed by atoms with Crippen molar-refractivity contribution in [3.8, 4) is 0 Å². The lowest BCUT2D eigenvalue weighted by Crippen LogP contribution is -2.60. The number of carbonyl (C=O) groups is 1. The van der Waals surface area contributed by atoms with Crippen molar-refractivity contribution in [1.29, 1.82) is 0 Å². The predicted octanol–water partition coefficient (Wildman–Crippen LogP) is -5.84. The van der Waals surface area contributed by atoms with Gasteiger partial charge in [0.2, 0.25) is 0 Å². The lowest BCUT2D eigenvalue weighted by Gasteiger charge is -2.41. The lowest BCUT2D eigenvalue weighted by molar-refractivity contribution is -0.330. The highest BCUT2D eigenvalue weighted by Crippen LogP contribution is 2.25. The molecule has 0 aliphatic carbocycles. The van der Waals surface area contributed by atoms with Crippen molar-refractivity contribution >= 4 is 6.45 Å². The van der Waals surface area contributed by atoms with Gasteiger partial charge in [-0.05, 0) is 0 Å². The van der Waals surface area contributed by atoms with E-state index in [1.807, 2.05) is 0 Å². The van der Waals surface area contributed by atoms with Crippen molar-refractivity contribution < 1.29 is 70.7 Å². The molecule has 0 aromatic heterocycles. The number of rotatable bonds is 9. The molecule has 2 rings (SSSR count). The lowest BCUT2D eigenvalue weighted by atomic mass is 9.99. The smallest absolute Gasteiger partial charge is 0.293 e. The summed E-state index contributed by atoms with van der Waals surface area (Å²) in [4.78, 5) is 10.8. The van der Waals surface area contributed by atoms with Gasteiger partial charge in [0.25, 0.3) is 6.45 Å². The monoisotopic (exact) mass is 445 g/mol. The van der Waals surface area contributed by atoms with Gasteiger partial charge in [-0.15, -0.1) is 0 Å². The van der Waals surface area contributed by atoms with Crippen molar-refractivity contribution in [3.05, 3.63) is 0 Å². The minimum atomic E-state index is -1.76. The molecular formula is C16H28O14. The van der Waals surface area contributed by atoms with Crippen LogP contribution in [0.15, 0.2) is 0 Å². The van der Waals surface area contributed by atoms with Gasteiger partial charge < -0.3 is 64.5 Å². The fourth-order valence-corrected chi connectivity index (χ4v) is 3.03. The van der Waals surface area contributed by atoms with E-state index in [0.29, 0.717) is 0 Å². The summed E-state index contributed by atoms with van der Waals surface area (Å²) >= 11 is 0. The quantitative estimate of drug-likeness (QED) is 0.155. The molecule has 0 bridgehead atoms. The fourth-order valence-electron chi connectivity index (χ4n) is 3.03. The van der Waals surface area contributed by atoms with Gasteiger partial charge in [0, 0.05) is 0 Å². The largest absolute Gasteiger partial charge is 0.465 e. The van der Waals surface area contributed by atoms with E-state index in [9.17, 15) is 45.6 Å². The molecule has 30 heavy (non-hydrogen) atoms. The van der Waals surface area contributed by atoms with Crippen molar-refractivity contribution in [3.63, 3.8) is 0 Å². The van der Waals surface area contributed by atoms with Crippen LogP contribution in [0.4, 0.5) is 0 Å². The Balaban J connectivity index is 2.04. The second-order valence-corrected chi connectivity index (χ2v) is 6.88. The fraction of sp³-hybridized carbons (Fsp3) is 0.938. The number of ether oxygens (including phenoxy) is 5. The average molecular weight is 445 g/mol. The molecule has 0 amide bonds. The van der Waals surface area contributed by atoms with Crippen LogP contribution < -0.4 is 0 Å². The Hall–Kier alpha value is -1.01. The normalized spacial score (nSPS) is 43.7. The summed E-state index contributed by atoms with van der Waals surface area (Å²) < 4.78 is 32.4. The van der Waals surface area contributed by atoms with E-state index in [4.69, 9.17) is 20.3 Å². The molecule has 2 aliphatic heterocycles. The molecule has 11 atom stereocenters. The van der Waals surface area contributed by atoms with Crippen molar-refractivity contribution in [2.24, 2.45) is 0 Å². The minimum absolute atomic E-state index is 0.537. The molecule has 14 nitrogen and oxygen atoms in total. The first-order valence-corrected chi connectivity index (χ1v) is 9.12. The first kappa shape index (κ1) is 23.6. The Morgan fingerprint density at radius 1 is 0.800 bits per heavy atom. The van der Waals surface area contributed by atoms with Crippen molar-refractivity contribution in [2.45, 2.75) is 67.5 Å². The van der Waals surface area contributed by atoms with Crippen molar-refractivity contribution in [2.75, 3.05) is 26.4 Å². The summed E-state index contributed by atoms with van der Waals surface area (Å²) in [6, 6.07) is 0. The Labute approximate surface area is 172 Å². The third kappa shape index (κ3) is 5.82. The minimum Gasteiger partial charge on any atom is -0.465 e. The number of aliphatic hydroxyl groups is 8.